The average molecular weight is 453 g/mol. The molecule has 0 aliphatic rings. The van der Waals surface area contributed by atoms with Crippen LogP contribution in [0, 0.1) is 5.41 Å². The lowest BCUT2D eigenvalue weighted by Gasteiger charge is -2.31. The van der Waals surface area contributed by atoms with Gasteiger partial charge in [0.05, 0.1) is 10.9 Å². The highest BCUT2D eigenvalue weighted by Crippen LogP contribution is 2.24. The van der Waals surface area contributed by atoms with Crippen LogP contribution in [0.15, 0.2) is 77.7 Å². The second-order valence-corrected chi connectivity index (χ2v) is 10.6. The second-order valence-electron chi connectivity index (χ2n) is 8.87. The Bertz CT molecular complexity index is 1200. The van der Waals surface area contributed by atoms with Crippen molar-refractivity contribution in [2.24, 2.45) is 5.41 Å². The van der Waals surface area contributed by atoms with Crippen molar-refractivity contribution in [3.63, 3.8) is 0 Å². The van der Waals surface area contributed by atoms with Gasteiger partial charge < -0.3 is 10.1 Å². The SMILES string of the molecule is CC(C)(C)[C@H](NS(=O)(=O)c1ccc2ccccc2c1)C(=O)N[C@H](C=O)Cc1ccccc1. The molecular formula is C25H28N2O4S. The number of hydrogen-bond acceptors (Lipinski definition) is 4. The molecule has 0 aliphatic carbocycles. The summed E-state index contributed by atoms with van der Waals surface area (Å²) in [5.41, 5.74) is 0.169. The number of rotatable bonds is 8. The molecule has 0 fully saturated rings. The maximum absolute atomic E-state index is 13.1. The Morgan fingerprint density at radius 3 is 2.19 bits per heavy atom. The highest BCUT2D eigenvalue weighted by molar-refractivity contribution is 7.89. The molecule has 168 valence electrons. The monoisotopic (exact) mass is 452 g/mol. The van der Waals surface area contributed by atoms with Crippen molar-refractivity contribution < 1.29 is 18.0 Å². The van der Waals surface area contributed by atoms with Crippen LogP contribution in [0.4, 0.5) is 0 Å². The van der Waals surface area contributed by atoms with Crippen LogP contribution in [0.5, 0.6) is 0 Å². The third kappa shape index (κ3) is 5.81. The molecule has 6 nitrogen and oxygen atoms in total. The minimum atomic E-state index is -3.98. The maximum Gasteiger partial charge on any atom is 0.241 e. The van der Waals surface area contributed by atoms with Gasteiger partial charge in [0.15, 0.2) is 0 Å². The van der Waals surface area contributed by atoms with E-state index in [0.29, 0.717) is 12.7 Å². The molecule has 3 aromatic rings. The van der Waals surface area contributed by atoms with Crippen molar-refractivity contribution >= 4 is 33.0 Å². The standard InChI is InChI=1S/C25H28N2O4S/c1-25(2,3)23(24(29)26-21(17-28)15-18-9-5-4-6-10-18)27-32(30,31)22-14-13-19-11-7-8-12-20(19)16-22/h4-14,16-17,21,23,27H,15H2,1-3H3,(H,26,29)/t21-,23+/m0/s1. The van der Waals surface area contributed by atoms with E-state index in [-0.39, 0.29) is 4.90 Å². The van der Waals surface area contributed by atoms with Gasteiger partial charge in [0.2, 0.25) is 15.9 Å². The Morgan fingerprint density at radius 2 is 1.56 bits per heavy atom. The first-order valence-corrected chi connectivity index (χ1v) is 11.9. The van der Waals surface area contributed by atoms with Gasteiger partial charge in [0.1, 0.15) is 12.3 Å². The average Bonchev–Trinajstić information content (AvgIpc) is 2.76. The summed E-state index contributed by atoms with van der Waals surface area (Å²) >= 11 is 0. The van der Waals surface area contributed by atoms with Crippen molar-refractivity contribution in [2.75, 3.05) is 0 Å². The fourth-order valence-electron chi connectivity index (χ4n) is 3.45. The fraction of sp³-hybridized carbons (Fsp3) is 0.280. The third-order valence-electron chi connectivity index (χ3n) is 5.22. The zero-order valence-electron chi connectivity index (χ0n) is 18.4. The summed E-state index contributed by atoms with van der Waals surface area (Å²) in [7, 11) is -3.98. The number of fused-ring (bicyclic) bond motifs is 1. The lowest BCUT2D eigenvalue weighted by Crippen LogP contribution is -2.55. The van der Waals surface area contributed by atoms with Crippen LogP contribution in [0.1, 0.15) is 26.3 Å². The van der Waals surface area contributed by atoms with E-state index in [1.165, 1.54) is 6.07 Å². The first-order chi connectivity index (χ1) is 15.1. The van der Waals surface area contributed by atoms with Gasteiger partial charge in [-0.3, -0.25) is 4.79 Å². The summed E-state index contributed by atoms with van der Waals surface area (Å²) in [4.78, 5) is 24.7. The molecule has 0 saturated heterocycles. The molecule has 0 saturated carbocycles. The van der Waals surface area contributed by atoms with Crippen molar-refractivity contribution in [1.29, 1.82) is 0 Å². The second kappa shape index (κ2) is 9.63. The van der Waals surface area contributed by atoms with Crippen LogP contribution < -0.4 is 10.0 Å². The molecule has 0 bridgehead atoms. The van der Waals surface area contributed by atoms with Crippen LogP contribution >= 0.6 is 0 Å². The van der Waals surface area contributed by atoms with Gasteiger partial charge in [-0.05, 0) is 40.3 Å². The molecule has 0 radical (unpaired) electrons. The predicted molar refractivity (Wildman–Crippen MR) is 126 cm³/mol. The van der Waals surface area contributed by atoms with Gasteiger partial charge in [-0.2, -0.15) is 4.72 Å². The molecule has 0 heterocycles. The van der Waals surface area contributed by atoms with Crippen LogP contribution in [0.2, 0.25) is 0 Å². The van der Waals surface area contributed by atoms with E-state index in [4.69, 9.17) is 0 Å². The quantitative estimate of drug-likeness (QED) is 0.512. The van der Waals surface area contributed by atoms with E-state index >= 15 is 0 Å². The van der Waals surface area contributed by atoms with E-state index in [2.05, 4.69) is 10.0 Å². The topological polar surface area (TPSA) is 92.3 Å². The van der Waals surface area contributed by atoms with Crippen molar-refractivity contribution in [2.45, 2.75) is 44.2 Å². The molecule has 0 unspecified atom stereocenters. The molecule has 3 aromatic carbocycles. The van der Waals surface area contributed by atoms with Crippen molar-refractivity contribution in [3.8, 4) is 0 Å². The summed E-state index contributed by atoms with van der Waals surface area (Å²) < 4.78 is 28.8. The predicted octanol–water partition coefficient (Wildman–Crippen LogP) is 3.46. The summed E-state index contributed by atoms with van der Waals surface area (Å²) in [6.45, 7) is 5.31. The van der Waals surface area contributed by atoms with E-state index in [1.54, 1.807) is 32.9 Å². The number of carbonyl (C=O) groups is 2. The number of benzene rings is 3. The van der Waals surface area contributed by atoms with Gasteiger partial charge in [-0.15, -0.1) is 0 Å². The number of amides is 1. The lowest BCUT2D eigenvalue weighted by atomic mass is 9.86. The summed E-state index contributed by atoms with van der Waals surface area (Å²) in [6.07, 6.45) is 0.993. The van der Waals surface area contributed by atoms with Crippen LogP contribution in [-0.2, 0) is 26.0 Å². The number of nitrogens with one attached hydrogen (secondary N) is 2. The fourth-order valence-corrected chi connectivity index (χ4v) is 4.88. The summed E-state index contributed by atoms with van der Waals surface area (Å²) in [6, 6.07) is 19.8. The molecule has 0 aliphatic heterocycles. The highest BCUT2D eigenvalue weighted by atomic mass is 32.2. The van der Waals surface area contributed by atoms with Gasteiger partial charge in [-0.1, -0.05) is 81.4 Å². The molecule has 0 aromatic heterocycles. The Labute approximate surface area is 189 Å². The number of sulfonamides is 1. The first-order valence-electron chi connectivity index (χ1n) is 10.4. The molecule has 3 rings (SSSR count). The Kier molecular flexibility index (Phi) is 7.11. The molecule has 32 heavy (non-hydrogen) atoms. The van der Waals surface area contributed by atoms with Gasteiger partial charge in [-0.25, -0.2) is 8.42 Å². The number of carbonyl (C=O) groups excluding carboxylic acids is 2. The molecule has 1 amide bonds. The van der Waals surface area contributed by atoms with Crippen molar-refractivity contribution in [3.05, 3.63) is 78.4 Å². The van der Waals surface area contributed by atoms with Crippen molar-refractivity contribution in [1.82, 2.24) is 10.0 Å². The zero-order chi connectivity index (χ0) is 23.4. The van der Waals surface area contributed by atoms with E-state index < -0.39 is 33.4 Å². The Balaban J connectivity index is 1.81. The molecule has 2 N–H and O–H groups in total. The summed E-state index contributed by atoms with van der Waals surface area (Å²) in [5.74, 6) is -0.546. The minimum Gasteiger partial charge on any atom is -0.345 e. The van der Waals surface area contributed by atoms with Gasteiger partial charge in [0.25, 0.3) is 0 Å². The Hall–Kier alpha value is -3.03. The van der Waals surface area contributed by atoms with E-state index in [0.717, 1.165) is 16.3 Å². The molecular weight excluding hydrogens is 424 g/mol. The molecule has 2 atom stereocenters. The third-order valence-corrected chi connectivity index (χ3v) is 6.64. The van der Waals surface area contributed by atoms with Gasteiger partial charge in [0, 0.05) is 0 Å². The Morgan fingerprint density at radius 1 is 0.938 bits per heavy atom. The maximum atomic E-state index is 13.1. The molecule has 7 heteroatoms. The minimum absolute atomic E-state index is 0.0782. The van der Waals surface area contributed by atoms with Crippen LogP contribution in [0.25, 0.3) is 10.8 Å². The summed E-state index contributed by atoms with van der Waals surface area (Å²) in [5, 5.41) is 4.40. The molecule has 0 spiro atoms. The zero-order valence-corrected chi connectivity index (χ0v) is 19.2. The smallest absolute Gasteiger partial charge is 0.241 e. The largest absolute Gasteiger partial charge is 0.345 e. The normalized spacial score (nSPS) is 14.0. The van der Waals surface area contributed by atoms with Crippen LogP contribution in [-0.4, -0.2) is 32.7 Å². The van der Waals surface area contributed by atoms with Crippen LogP contribution in [0.3, 0.4) is 0 Å². The van der Waals surface area contributed by atoms with E-state index in [1.807, 2.05) is 54.6 Å². The number of aldehydes is 1. The first kappa shape index (κ1) is 23.6. The number of hydrogen-bond donors (Lipinski definition) is 2. The lowest BCUT2D eigenvalue weighted by molar-refractivity contribution is -0.127. The van der Waals surface area contributed by atoms with Gasteiger partial charge >= 0.3 is 0 Å². The highest BCUT2D eigenvalue weighted by Gasteiger charge is 2.36. The van der Waals surface area contributed by atoms with E-state index in [9.17, 15) is 18.0 Å².